The van der Waals surface area contributed by atoms with E-state index < -0.39 is 0 Å². The molecule has 1 heterocycles. The number of aromatic nitrogens is 1. The fourth-order valence-electron chi connectivity index (χ4n) is 2.44. The molecule has 1 aliphatic rings. The summed E-state index contributed by atoms with van der Waals surface area (Å²) in [4.78, 5) is 4.65. The zero-order valence-electron chi connectivity index (χ0n) is 11.3. The summed E-state index contributed by atoms with van der Waals surface area (Å²) in [5.41, 5.74) is 1.62. The van der Waals surface area contributed by atoms with Crippen molar-refractivity contribution >= 4 is 21.6 Å². The Bertz CT molecular complexity index is 515. The lowest BCUT2D eigenvalue weighted by Gasteiger charge is -2.14. The summed E-state index contributed by atoms with van der Waals surface area (Å²) < 4.78 is 6.46. The van der Waals surface area contributed by atoms with Gasteiger partial charge < -0.3 is 10.1 Å². The summed E-state index contributed by atoms with van der Waals surface area (Å²) in [5, 5.41) is 4.75. The van der Waals surface area contributed by atoms with Gasteiger partial charge in [0.1, 0.15) is 5.01 Å². The number of hydrogen-bond acceptors (Lipinski definition) is 4. The van der Waals surface area contributed by atoms with E-state index in [4.69, 9.17) is 4.74 Å². The maximum absolute atomic E-state index is 5.18. The Morgan fingerprint density at radius 2 is 2.21 bits per heavy atom. The van der Waals surface area contributed by atoms with Gasteiger partial charge in [-0.05, 0) is 36.8 Å². The molecule has 0 aliphatic heterocycles. The lowest BCUT2D eigenvalue weighted by atomic mass is 10.0. The van der Waals surface area contributed by atoms with E-state index in [1.54, 1.807) is 18.4 Å². The lowest BCUT2D eigenvalue weighted by molar-refractivity contribution is 0.171. The zero-order valence-corrected chi connectivity index (χ0v) is 12.1. The summed E-state index contributed by atoms with van der Waals surface area (Å²) in [6, 6.07) is 8.33. The molecule has 0 saturated heterocycles. The number of rotatable bonds is 7. The zero-order chi connectivity index (χ0) is 13.1. The minimum Gasteiger partial charge on any atom is -0.385 e. The van der Waals surface area contributed by atoms with E-state index >= 15 is 0 Å². The van der Waals surface area contributed by atoms with Crippen LogP contribution in [-0.2, 0) is 11.3 Å². The van der Waals surface area contributed by atoms with Crippen molar-refractivity contribution in [1.82, 2.24) is 10.3 Å². The van der Waals surface area contributed by atoms with Gasteiger partial charge in [0.2, 0.25) is 0 Å². The van der Waals surface area contributed by atoms with E-state index in [2.05, 4.69) is 28.5 Å². The van der Waals surface area contributed by atoms with Gasteiger partial charge in [0, 0.05) is 26.8 Å². The van der Waals surface area contributed by atoms with Gasteiger partial charge in [-0.25, -0.2) is 4.98 Å². The molecule has 1 aliphatic carbocycles. The standard InChI is InChI=1S/C15H20N2OS/c1-18-9-8-15(6-7-15)11-16-10-14-17-12-4-2-3-5-13(12)19-14/h2-5,16H,6-11H2,1H3. The second kappa shape index (κ2) is 5.57. The van der Waals surface area contributed by atoms with E-state index in [-0.39, 0.29) is 0 Å². The van der Waals surface area contributed by atoms with E-state index in [1.165, 1.54) is 29.0 Å². The molecule has 4 heteroatoms. The van der Waals surface area contributed by atoms with Crippen LogP contribution in [0.25, 0.3) is 10.2 Å². The summed E-state index contributed by atoms with van der Waals surface area (Å²) in [6.45, 7) is 2.85. The second-order valence-electron chi connectivity index (χ2n) is 5.42. The Kier molecular flexibility index (Phi) is 3.82. The van der Waals surface area contributed by atoms with Crippen LogP contribution in [0.5, 0.6) is 0 Å². The first-order chi connectivity index (χ1) is 9.31. The highest BCUT2D eigenvalue weighted by atomic mass is 32.1. The average Bonchev–Trinajstić information content (AvgIpc) is 3.07. The van der Waals surface area contributed by atoms with Crippen LogP contribution in [0.15, 0.2) is 24.3 Å². The number of ether oxygens (including phenoxy) is 1. The summed E-state index contributed by atoms with van der Waals surface area (Å²) in [5.74, 6) is 0. The quantitative estimate of drug-likeness (QED) is 0.843. The number of para-hydroxylation sites is 1. The number of nitrogens with zero attached hydrogens (tertiary/aromatic N) is 1. The molecule has 3 rings (SSSR count). The molecule has 0 bridgehead atoms. The Hall–Kier alpha value is -0.970. The molecule has 3 nitrogen and oxygen atoms in total. The minimum atomic E-state index is 0.507. The second-order valence-corrected chi connectivity index (χ2v) is 6.54. The van der Waals surface area contributed by atoms with Crippen molar-refractivity contribution in [3.8, 4) is 0 Å². The highest BCUT2D eigenvalue weighted by Crippen LogP contribution is 2.48. The van der Waals surface area contributed by atoms with Gasteiger partial charge in [-0.3, -0.25) is 0 Å². The van der Waals surface area contributed by atoms with Gasteiger partial charge in [0.05, 0.1) is 10.2 Å². The number of nitrogens with one attached hydrogen (secondary N) is 1. The van der Waals surface area contributed by atoms with Gasteiger partial charge in [0.15, 0.2) is 0 Å². The van der Waals surface area contributed by atoms with Gasteiger partial charge in [-0.2, -0.15) is 0 Å². The SMILES string of the molecule is COCCC1(CNCc2nc3ccccc3s2)CC1. The summed E-state index contributed by atoms with van der Waals surface area (Å²) >= 11 is 1.79. The van der Waals surface area contributed by atoms with Crippen LogP contribution in [0.3, 0.4) is 0 Å². The normalized spacial score (nSPS) is 16.9. The molecule has 102 valence electrons. The average molecular weight is 276 g/mol. The van der Waals surface area contributed by atoms with Crippen molar-refractivity contribution in [1.29, 1.82) is 0 Å². The molecule has 1 N–H and O–H groups in total. The molecule has 0 spiro atoms. The molecule has 19 heavy (non-hydrogen) atoms. The third kappa shape index (κ3) is 3.14. The van der Waals surface area contributed by atoms with Gasteiger partial charge in [-0.1, -0.05) is 12.1 Å². The Morgan fingerprint density at radius 3 is 2.95 bits per heavy atom. The topological polar surface area (TPSA) is 34.1 Å². The maximum Gasteiger partial charge on any atom is 0.108 e. The molecule has 1 aromatic heterocycles. The van der Waals surface area contributed by atoms with Crippen LogP contribution in [0.1, 0.15) is 24.3 Å². The van der Waals surface area contributed by atoms with E-state index in [9.17, 15) is 0 Å². The number of benzene rings is 1. The summed E-state index contributed by atoms with van der Waals surface area (Å²) in [7, 11) is 1.78. The van der Waals surface area contributed by atoms with Crippen LogP contribution in [0.4, 0.5) is 0 Å². The molecule has 1 saturated carbocycles. The van der Waals surface area contributed by atoms with Crippen molar-refractivity contribution in [2.24, 2.45) is 5.41 Å². The third-order valence-corrected chi connectivity index (χ3v) is 4.94. The smallest absolute Gasteiger partial charge is 0.108 e. The van der Waals surface area contributed by atoms with Crippen molar-refractivity contribution < 1.29 is 4.74 Å². The van der Waals surface area contributed by atoms with Gasteiger partial charge >= 0.3 is 0 Å². The van der Waals surface area contributed by atoms with Crippen molar-refractivity contribution in [2.45, 2.75) is 25.8 Å². The molecular weight excluding hydrogens is 256 g/mol. The summed E-state index contributed by atoms with van der Waals surface area (Å²) in [6.07, 6.45) is 3.85. The fraction of sp³-hybridized carbons (Fsp3) is 0.533. The van der Waals surface area contributed by atoms with E-state index in [1.807, 2.05) is 6.07 Å². The molecule has 1 fully saturated rings. The third-order valence-electron chi connectivity index (χ3n) is 3.91. The lowest BCUT2D eigenvalue weighted by Crippen LogP contribution is -2.24. The molecule has 0 atom stereocenters. The van der Waals surface area contributed by atoms with Gasteiger partial charge in [-0.15, -0.1) is 11.3 Å². The number of fused-ring (bicyclic) bond motifs is 1. The minimum absolute atomic E-state index is 0.507. The first kappa shape index (κ1) is 13.0. The fourth-order valence-corrected chi connectivity index (χ4v) is 3.38. The van der Waals surface area contributed by atoms with Crippen LogP contribution in [0.2, 0.25) is 0 Å². The predicted molar refractivity (Wildman–Crippen MR) is 79.5 cm³/mol. The number of hydrogen-bond donors (Lipinski definition) is 1. The molecule has 1 aromatic carbocycles. The Morgan fingerprint density at radius 1 is 1.37 bits per heavy atom. The Balaban J connectivity index is 1.52. The first-order valence-electron chi connectivity index (χ1n) is 6.85. The van der Waals surface area contributed by atoms with E-state index in [0.717, 1.165) is 25.2 Å². The molecule has 0 unspecified atom stereocenters. The Labute approximate surface area is 118 Å². The number of thiazole rings is 1. The molecule has 2 aromatic rings. The van der Waals surface area contributed by atoms with Crippen LogP contribution in [0, 0.1) is 5.41 Å². The maximum atomic E-state index is 5.18. The predicted octanol–water partition coefficient (Wildman–Crippen LogP) is 3.20. The molecule has 0 amide bonds. The van der Waals surface area contributed by atoms with E-state index in [0.29, 0.717) is 5.41 Å². The van der Waals surface area contributed by atoms with Crippen LogP contribution in [-0.4, -0.2) is 25.2 Å². The highest BCUT2D eigenvalue weighted by molar-refractivity contribution is 7.18. The van der Waals surface area contributed by atoms with Crippen LogP contribution >= 0.6 is 11.3 Å². The van der Waals surface area contributed by atoms with Crippen molar-refractivity contribution in [3.05, 3.63) is 29.3 Å². The van der Waals surface area contributed by atoms with Crippen LogP contribution < -0.4 is 5.32 Å². The molecule has 0 radical (unpaired) electrons. The number of methoxy groups -OCH3 is 1. The molecular formula is C15H20N2OS. The first-order valence-corrected chi connectivity index (χ1v) is 7.67. The highest BCUT2D eigenvalue weighted by Gasteiger charge is 2.41. The van der Waals surface area contributed by atoms with Gasteiger partial charge in [0.25, 0.3) is 0 Å². The van der Waals surface area contributed by atoms with Crippen molar-refractivity contribution in [2.75, 3.05) is 20.3 Å². The van der Waals surface area contributed by atoms with Crippen molar-refractivity contribution in [3.63, 3.8) is 0 Å². The monoisotopic (exact) mass is 276 g/mol. The largest absolute Gasteiger partial charge is 0.385 e.